The lowest BCUT2D eigenvalue weighted by Gasteiger charge is -2.18. The number of nitrogens with zero attached hydrogens (tertiary/aromatic N) is 2. The van der Waals surface area contributed by atoms with Crippen molar-refractivity contribution in [3.8, 4) is 0 Å². The van der Waals surface area contributed by atoms with E-state index in [4.69, 9.17) is 0 Å². The first-order valence-electron chi connectivity index (χ1n) is 6.38. The van der Waals surface area contributed by atoms with Crippen LogP contribution in [0.2, 0.25) is 0 Å². The third-order valence-corrected chi connectivity index (χ3v) is 3.71. The maximum absolute atomic E-state index is 4.39. The molecule has 0 bridgehead atoms. The average molecular weight is 269 g/mol. The highest BCUT2D eigenvalue weighted by Crippen LogP contribution is 2.28. The van der Waals surface area contributed by atoms with Gasteiger partial charge in [0.05, 0.1) is 29.7 Å². The largest absolute Gasteiger partial charge is 0.305 e. The summed E-state index contributed by atoms with van der Waals surface area (Å²) < 4.78 is 8.51. The van der Waals surface area contributed by atoms with Gasteiger partial charge in [-0.3, -0.25) is 0 Å². The van der Waals surface area contributed by atoms with Crippen molar-refractivity contribution in [3.05, 3.63) is 59.9 Å². The molecule has 0 saturated carbocycles. The van der Waals surface area contributed by atoms with Crippen molar-refractivity contribution in [1.82, 2.24) is 14.1 Å². The van der Waals surface area contributed by atoms with Gasteiger partial charge in [0.1, 0.15) is 0 Å². The molecule has 1 unspecified atom stereocenters. The number of hydrogen-bond acceptors (Lipinski definition) is 4. The number of benzene rings is 2. The standard InChI is InChI=1S/C15H15N3S/c1-2-16-15(14-10-17-19-18-14)13-9-5-7-11-6-3-4-8-12(11)13/h3-10,15-16H,2H2,1H3. The van der Waals surface area contributed by atoms with Gasteiger partial charge < -0.3 is 5.32 Å². The molecule has 1 heterocycles. The highest BCUT2D eigenvalue weighted by atomic mass is 32.1. The summed E-state index contributed by atoms with van der Waals surface area (Å²) in [4.78, 5) is 0. The Morgan fingerprint density at radius 3 is 2.79 bits per heavy atom. The predicted octanol–water partition coefficient (Wildman–Crippen LogP) is 3.39. The summed E-state index contributed by atoms with van der Waals surface area (Å²) >= 11 is 1.25. The van der Waals surface area contributed by atoms with Crippen molar-refractivity contribution in [3.63, 3.8) is 0 Å². The van der Waals surface area contributed by atoms with Crippen LogP contribution in [0.5, 0.6) is 0 Å². The maximum atomic E-state index is 4.39. The Kier molecular flexibility index (Phi) is 3.53. The number of nitrogens with one attached hydrogen (secondary N) is 1. The van der Waals surface area contributed by atoms with Crippen LogP contribution in [0.1, 0.15) is 24.2 Å². The summed E-state index contributed by atoms with van der Waals surface area (Å²) in [6, 6.07) is 15.0. The fourth-order valence-corrected chi connectivity index (χ4v) is 2.83. The summed E-state index contributed by atoms with van der Waals surface area (Å²) in [5.41, 5.74) is 2.25. The first-order valence-corrected chi connectivity index (χ1v) is 7.11. The van der Waals surface area contributed by atoms with Crippen molar-refractivity contribution in [1.29, 1.82) is 0 Å². The first kappa shape index (κ1) is 12.3. The van der Waals surface area contributed by atoms with Gasteiger partial charge in [0.25, 0.3) is 0 Å². The van der Waals surface area contributed by atoms with Crippen LogP contribution in [-0.4, -0.2) is 15.3 Å². The third-order valence-electron chi connectivity index (χ3n) is 3.22. The second-order valence-electron chi connectivity index (χ2n) is 4.39. The fourth-order valence-electron chi connectivity index (χ4n) is 2.38. The molecule has 4 heteroatoms. The van der Waals surface area contributed by atoms with Gasteiger partial charge in [0.2, 0.25) is 0 Å². The second-order valence-corrected chi connectivity index (χ2v) is 4.95. The minimum atomic E-state index is 0.106. The van der Waals surface area contributed by atoms with Crippen molar-refractivity contribution >= 4 is 22.5 Å². The van der Waals surface area contributed by atoms with Crippen LogP contribution >= 0.6 is 11.7 Å². The molecule has 0 aliphatic carbocycles. The minimum Gasteiger partial charge on any atom is -0.305 e. The van der Waals surface area contributed by atoms with Gasteiger partial charge in [-0.2, -0.15) is 8.75 Å². The smallest absolute Gasteiger partial charge is 0.0957 e. The Morgan fingerprint density at radius 1 is 1.16 bits per heavy atom. The Bertz CT molecular complexity index is 659. The molecule has 0 saturated heterocycles. The number of fused-ring (bicyclic) bond motifs is 1. The molecule has 3 nitrogen and oxygen atoms in total. The van der Waals surface area contributed by atoms with Gasteiger partial charge in [-0.05, 0) is 22.9 Å². The average Bonchev–Trinajstić information content (AvgIpc) is 2.98. The molecule has 2 aromatic carbocycles. The predicted molar refractivity (Wildman–Crippen MR) is 79.4 cm³/mol. The summed E-state index contributed by atoms with van der Waals surface area (Å²) in [6.07, 6.45) is 1.85. The summed E-state index contributed by atoms with van der Waals surface area (Å²) in [7, 11) is 0. The van der Waals surface area contributed by atoms with Crippen molar-refractivity contribution in [2.75, 3.05) is 6.54 Å². The van der Waals surface area contributed by atoms with Crippen LogP contribution in [0.4, 0.5) is 0 Å². The molecule has 0 aliphatic rings. The monoisotopic (exact) mass is 269 g/mol. The Morgan fingerprint density at radius 2 is 2.00 bits per heavy atom. The molecule has 3 rings (SSSR count). The Hall–Kier alpha value is -1.78. The molecule has 0 amide bonds. The van der Waals surface area contributed by atoms with E-state index in [0.717, 1.165) is 12.2 Å². The van der Waals surface area contributed by atoms with E-state index in [2.05, 4.69) is 63.5 Å². The zero-order valence-corrected chi connectivity index (χ0v) is 11.5. The van der Waals surface area contributed by atoms with E-state index in [1.165, 1.54) is 28.1 Å². The SMILES string of the molecule is CCNC(c1cnsn1)c1cccc2ccccc12. The lowest BCUT2D eigenvalue weighted by Crippen LogP contribution is -2.22. The zero-order valence-electron chi connectivity index (χ0n) is 10.7. The van der Waals surface area contributed by atoms with Gasteiger partial charge in [0.15, 0.2) is 0 Å². The van der Waals surface area contributed by atoms with Gasteiger partial charge in [-0.25, -0.2) is 0 Å². The van der Waals surface area contributed by atoms with E-state index in [1.807, 2.05) is 6.20 Å². The molecular formula is C15H15N3S. The van der Waals surface area contributed by atoms with Crippen LogP contribution in [0.15, 0.2) is 48.7 Å². The lowest BCUT2D eigenvalue weighted by atomic mass is 9.97. The van der Waals surface area contributed by atoms with E-state index < -0.39 is 0 Å². The van der Waals surface area contributed by atoms with E-state index in [1.54, 1.807) is 0 Å². The molecule has 3 aromatic rings. The van der Waals surface area contributed by atoms with E-state index >= 15 is 0 Å². The van der Waals surface area contributed by atoms with Crippen LogP contribution in [0.25, 0.3) is 10.8 Å². The van der Waals surface area contributed by atoms with Crippen molar-refractivity contribution in [2.24, 2.45) is 0 Å². The van der Waals surface area contributed by atoms with Crippen LogP contribution < -0.4 is 5.32 Å². The van der Waals surface area contributed by atoms with Crippen LogP contribution in [-0.2, 0) is 0 Å². The third kappa shape index (κ3) is 2.37. The Labute approximate surface area is 116 Å². The van der Waals surface area contributed by atoms with E-state index in [0.29, 0.717) is 0 Å². The fraction of sp³-hybridized carbons (Fsp3) is 0.200. The molecule has 0 radical (unpaired) electrons. The van der Waals surface area contributed by atoms with Gasteiger partial charge in [0, 0.05) is 0 Å². The lowest BCUT2D eigenvalue weighted by molar-refractivity contribution is 0.623. The summed E-state index contributed by atoms with van der Waals surface area (Å²) in [5.74, 6) is 0. The van der Waals surface area contributed by atoms with E-state index in [9.17, 15) is 0 Å². The summed E-state index contributed by atoms with van der Waals surface area (Å²) in [5, 5.41) is 6.02. The highest BCUT2D eigenvalue weighted by molar-refractivity contribution is 6.99. The number of rotatable bonds is 4. The van der Waals surface area contributed by atoms with E-state index in [-0.39, 0.29) is 6.04 Å². The molecule has 19 heavy (non-hydrogen) atoms. The molecule has 1 N–H and O–H groups in total. The first-order chi connectivity index (χ1) is 9.40. The molecule has 0 aliphatic heterocycles. The normalized spacial score (nSPS) is 12.7. The highest BCUT2D eigenvalue weighted by Gasteiger charge is 2.17. The van der Waals surface area contributed by atoms with Gasteiger partial charge in [-0.15, -0.1) is 0 Å². The van der Waals surface area contributed by atoms with Gasteiger partial charge >= 0.3 is 0 Å². The van der Waals surface area contributed by atoms with Crippen molar-refractivity contribution in [2.45, 2.75) is 13.0 Å². The van der Waals surface area contributed by atoms with Gasteiger partial charge in [-0.1, -0.05) is 49.4 Å². The van der Waals surface area contributed by atoms with Crippen LogP contribution in [0, 0.1) is 0 Å². The molecule has 1 aromatic heterocycles. The van der Waals surface area contributed by atoms with Crippen molar-refractivity contribution < 1.29 is 0 Å². The minimum absolute atomic E-state index is 0.106. The zero-order chi connectivity index (χ0) is 13.1. The number of aromatic nitrogens is 2. The topological polar surface area (TPSA) is 37.8 Å². The molecule has 1 atom stereocenters. The second kappa shape index (κ2) is 5.47. The maximum Gasteiger partial charge on any atom is 0.0957 e. The summed E-state index contributed by atoms with van der Waals surface area (Å²) in [6.45, 7) is 3.00. The molecule has 0 spiro atoms. The quantitative estimate of drug-likeness (QED) is 0.789. The molecule has 0 fully saturated rings. The molecule has 96 valence electrons. The number of hydrogen-bond donors (Lipinski definition) is 1. The molecular weight excluding hydrogens is 254 g/mol. The Balaban J connectivity index is 2.15. The van der Waals surface area contributed by atoms with Crippen LogP contribution in [0.3, 0.4) is 0 Å².